The summed E-state index contributed by atoms with van der Waals surface area (Å²) in [5.41, 5.74) is 0.868. The van der Waals surface area contributed by atoms with E-state index in [2.05, 4.69) is 0 Å². The fourth-order valence-electron chi connectivity index (χ4n) is 3.33. The number of hydrogen-bond donors (Lipinski definition) is 1. The third kappa shape index (κ3) is 5.37. The quantitative estimate of drug-likeness (QED) is 0.295. The summed E-state index contributed by atoms with van der Waals surface area (Å²) in [6, 6.07) is 13.8. The number of carbonyl (C=O) groups is 1. The van der Waals surface area contributed by atoms with E-state index >= 15 is 0 Å². The average molecular weight is 409 g/mol. The van der Waals surface area contributed by atoms with Crippen LogP contribution >= 0.6 is 20.0 Å². The Morgan fingerprint density at radius 1 is 1.07 bits per heavy atom. The zero-order valence-corrected chi connectivity index (χ0v) is 18.0. The van der Waals surface area contributed by atoms with Gasteiger partial charge in [-0.05, 0) is 36.6 Å². The van der Waals surface area contributed by atoms with Gasteiger partial charge in [0.25, 0.3) is 0 Å². The lowest BCUT2D eigenvalue weighted by Crippen LogP contribution is -2.23. The van der Waals surface area contributed by atoms with Gasteiger partial charge in [-0.15, -0.1) is 0 Å². The van der Waals surface area contributed by atoms with Gasteiger partial charge in [0.15, 0.2) is 0 Å². The molecule has 0 bridgehead atoms. The maximum absolute atomic E-state index is 13.8. The van der Waals surface area contributed by atoms with E-state index in [0.29, 0.717) is 19.6 Å². The standard InChI is InChI=1S/C21H29O4PS/c1-4-10-17(20(22)24-5-2)15-26(23,25-6-3)21(27)19-14-9-12-16-11-7-8-13-18(16)19/h7-9,11-14,17,21,27H,4-6,10,15H2,1-3H3. The molecule has 0 fully saturated rings. The molecule has 0 aliphatic heterocycles. The molecule has 2 aromatic carbocycles. The van der Waals surface area contributed by atoms with Gasteiger partial charge in [-0.1, -0.05) is 55.8 Å². The van der Waals surface area contributed by atoms with Crippen LogP contribution in [0.2, 0.25) is 0 Å². The zero-order chi connectivity index (χ0) is 19.9. The van der Waals surface area contributed by atoms with Gasteiger partial charge in [0.05, 0.1) is 19.1 Å². The highest BCUT2D eigenvalue weighted by molar-refractivity contribution is 7.90. The molecular formula is C21H29O4PS. The topological polar surface area (TPSA) is 52.6 Å². The highest BCUT2D eigenvalue weighted by Gasteiger charge is 2.38. The Morgan fingerprint density at radius 2 is 1.78 bits per heavy atom. The van der Waals surface area contributed by atoms with Crippen LogP contribution in [0.5, 0.6) is 0 Å². The van der Waals surface area contributed by atoms with Gasteiger partial charge in [0.1, 0.15) is 4.99 Å². The number of ether oxygens (including phenoxy) is 1. The van der Waals surface area contributed by atoms with Crippen molar-refractivity contribution >= 4 is 36.7 Å². The molecule has 0 spiro atoms. The van der Waals surface area contributed by atoms with E-state index in [1.807, 2.05) is 56.3 Å². The molecule has 0 heterocycles. The van der Waals surface area contributed by atoms with Gasteiger partial charge in [-0.3, -0.25) is 9.36 Å². The van der Waals surface area contributed by atoms with Crippen molar-refractivity contribution in [3.8, 4) is 0 Å². The summed E-state index contributed by atoms with van der Waals surface area (Å²) in [4.78, 5) is 11.8. The normalized spacial score (nSPS) is 15.9. The van der Waals surface area contributed by atoms with Gasteiger partial charge in [-0.2, -0.15) is 12.6 Å². The van der Waals surface area contributed by atoms with Crippen LogP contribution in [-0.4, -0.2) is 25.3 Å². The minimum Gasteiger partial charge on any atom is -0.466 e. The molecule has 0 saturated heterocycles. The summed E-state index contributed by atoms with van der Waals surface area (Å²) in [7, 11) is -3.24. The van der Waals surface area contributed by atoms with Gasteiger partial charge < -0.3 is 9.26 Å². The highest BCUT2D eigenvalue weighted by Crippen LogP contribution is 2.64. The minimum absolute atomic E-state index is 0.144. The van der Waals surface area contributed by atoms with Crippen molar-refractivity contribution in [1.29, 1.82) is 0 Å². The van der Waals surface area contributed by atoms with Crippen LogP contribution < -0.4 is 0 Å². The Balaban J connectivity index is 2.40. The van der Waals surface area contributed by atoms with Crippen molar-refractivity contribution in [2.75, 3.05) is 19.4 Å². The van der Waals surface area contributed by atoms with Crippen LogP contribution in [0, 0.1) is 5.92 Å². The molecule has 0 amide bonds. The van der Waals surface area contributed by atoms with E-state index in [1.54, 1.807) is 6.92 Å². The lowest BCUT2D eigenvalue weighted by atomic mass is 10.1. The molecule has 0 aromatic heterocycles. The SMILES string of the molecule is CCCC(CP(=O)(OCC)C(S)c1cccc2ccccc12)C(=O)OCC. The van der Waals surface area contributed by atoms with E-state index in [1.165, 1.54) is 0 Å². The molecule has 0 aliphatic rings. The van der Waals surface area contributed by atoms with Gasteiger partial charge in [0, 0.05) is 6.16 Å². The Labute approximate surface area is 167 Å². The molecule has 0 saturated carbocycles. The molecule has 27 heavy (non-hydrogen) atoms. The number of carbonyl (C=O) groups excluding carboxylic acids is 1. The first-order valence-electron chi connectivity index (χ1n) is 9.52. The second kappa shape index (κ2) is 10.3. The van der Waals surface area contributed by atoms with Gasteiger partial charge >= 0.3 is 5.97 Å². The summed E-state index contributed by atoms with van der Waals surface area (Å²) in [5.74, 6) is -0.755. The van der Waals surface area contributed by atoms with Crippen LogP contribution in [0.15, 0.2) is 42.5 Å². The summed E-state index contributed by atoms with van der Waals surface area (Å²) in [6.07, 6.45) is 1.57. The number of fused-ring (bicyclic) bond motifs is 1. The van der Waals surface area contributed by atoms with Crippen LogP contribution in [-0.2, 0) is 18.6 Å². The predicted molar refractivity (Wildman–Crippen MR) is 115 cm³/mol. The fourth-order valence-corrected chi connectivity index (χ4v) is 6.51. The lowest BCUT2D eigenvalue weighted by Gasteiger charge is -2.28. The Kier molecular flexibility index (Phi) is 8.40. The number of benzene rings is 2. The molecule has 0 aliphatic carbocycles. The van der Waals surface area contributed by atoms with E-state index in [4.69, 9.17) is 21.9 Å². The largest absolute Gasteiger partial charge is 0.466 e. The minimum atomic E-state index is -3.24. The fraction of sp³-hybridized carbons (Fsp3) is 0.476. The van der Waals surface area contributed by atoms with E-state index in [0.717, 1.165) is 22.8 Å². The number of thiol groups is 1. The zero-order valence-electron chi connectivity index (χ0n) is 16.3. The van der Waals surface area contributed by atoms with Crippen molar-refractivity contribution in [1.82, 2.24) is 0 Å². The Hall–Kier alpha value is -1.29. The molecule has 4 nitrogen and oxygen atoms in total. The van der Waals surface area contributed by atoms with Crippen molar-refractivity contribution in [3.63, 3.8) is 0 Å². The number of esters is 1. The monoisotopic (exact) mass is 408 g/mol. The molecule has 2 rings (SSSR count). The van der Waals surface area contributed by atoms with Crippen LogP contribution in [0.4, 0.5) is 0 Å². The van der Waals surface area contributed by atoms with Crippen molar-refractivity contribution in [2.24, 2.45) is 5.92 Å². The smallest absolute Gasteiger partial charge is 0.309 e. The third-order valence-corrected chi connectivity index (χ3v) is 8.56. The molecule has 148 valence electrons. The van der Waals surface area contributed by atoms with Crippen LogP contribution in [0.25, 0.3) is 10.8 Å². The molecule has 0 radical (unpaired) electrons. The summed E-state index contributed by atoms with van der Waals surface area (Å²) >= 11 is 4.73. The molecule has 3 atom stereocenters. The first kappa shape index (κ1) is 22.0. The van der Waals surface area contributed by atoms with Crippen molar-refractivity contribution in [3.05, 3.63) is 48.0 Å². The maximum atomic E-state index is 13.8. The van der Waals surface area contributed by atoms with Gasteiger partial charge in [-0.25, -0.2) is 0 Å². The first-order valence-corrected chi connectivity index (χ1v) is 11.9. The summed E-state index contributed by atoms with van der Waals surface area (Å²) in [5, 5.41) is 2.07. The summed E-state index contributed by atoms with van der Waals surface area (Å²) < 4.78 is 24.8. The molecular weight excluding hydrogens is 379 g/mol. The Bertz CT molecular complexity index is 802. The van der Waals surface area contributed by atoms with Gasteiger partial charge in [0.2, 0.25) is 7.37 Å². The third-order valence-electron chi connectivity index (χ3n) is 4.55. The molecule has 0 N–H and O–H groups in total. The second-order valence-corrected chi connectivity index (χ2v) is 10.0. The van der Waals surface area contributed by atoms with Crippen LogP contribution in [0.3, 0.4) is 0 Å². The predicted octanol–water partition coefficient (Wildman–Crippen LogP) is 6.06. The lowest BCUT2D eigenvalue weighted by molar-refractivity contribution is -0.147. The molecule has 3 unspecified atom stereocenters. The second-order valence-electron chi connectivity index (χ2n) is 6.51. The van der Waals surface area contributed by atoms with E-state index in [-0.39, 0.29) is 12.1 Å². The average Bonchev–Trinajstić information content (AvgIpc) is 2.67. The maximum Gasteiger partial charge on any atom is 0.309 e. The van der Waals surface area contributed by atoms with E-state index < -0.39 is 18.3 Å². The molecule has 2 aromatic rings. The van der Waals surface area contributed by atoms with Crippen LogP contribution in [0.1, 0.15) is 44.2 Å². The highest BCUT2D eigenvalue weighted by atomic mass is 32.1. The van der Waals surface area contributed by atoms with Crippen molar-refractivity contribution < 1.29 is 18.6 Å². The first-order chi connectivity index (χ1) is 13.0. The number of hydrogen-bond acceptors (Lipinski definition) is 5. The molecule has 6 heteroatoms. The van der Waals surface area contributed by atoms with Crippen molar-refractivity contribution in [2.45, 2.75) is 38.6 Å². The van der Waals surface area contributed by atoms with E-state index in [9.17, 15) is 9.36 Å². The summed E-state index contributed by atoms with van der Waals surface area (Å²) in [6.45, 7) is 6.21. The number of rotatable bonds is 10. The Morgan fingerprint density at radius 3 is 2.44 bits per heavy atom.